The number of aryl methyl sites for hydroxylation is 3. The number of amides is 1. The third kappa shape index (κ3) is 5.58. The van der Waals surface area contributed by atoms with Crippen LogP contribution in [-0.2, 0) is 10.0 Å². The third-order valence-electron chi connectivity index (χ3n) is 5.13. The molecule has 0 spiro atoms. The fraction of sp³-hybridized carbons (Fsp3) is 0.409. The quantitative estimate of drug-likeness (QED) is 0.787. The molecule has 0 saturated carbocycles. The molecule has 2 aromatic rings. The lowest BCUT2D eigenvalue weighted by Crippen LogP contribution is -2.50. The van der Waals surface area contributed by atoms with E-state index in [0.29, 0.717) is 31.7 Å². The van der Waals surface area contributed by atoms with E-state index < -0.39 is 10.0 Å². The second kappa shape index (κ2) is 8.97. The fourth-order valence-electron chi connectivity index (χ4n) is 3.68. The van der Waals surface area contributed by atoms with Gasteiger partial charge in [0.05, 0.1) is 5.75 Å². The zero-order valence-corrected chi connectivity index (χ0v) is 18.1. The van der Waals surface area contributed by atoms with E-state index in [0.717, 1.165) is 16.8 Å². The van der Waals surface area contributed by atoms with Crippen LogP contribution in [0.3, 0.4) is 0 Å². The van der Waals surface area contributed by atoms with Gasteiger partial charge in [0.2, 0.25) is 10.0 Å². The summed E-state index contributed by atoms with van der Waals surface area (Å²) in [6.07, 6.45) is 0. The van der Waals surface area contributed by atoms with Crippen LogP contribution in [0.15, 0.2) is 42.5 Å². The summed E-state index contributed by atoms with van der Waals surface area (Å²) in [5.41, 5.74) is 4.90. The number of nitrogens with zero attached hydrogens (tertiary/aromatic N) is 2. The Morgan fingerprint density at radius 1 is 0.931 bits per heavy atom. The van der Waals surface area contributed by atoms with Crippen LogP contribution in [0.25, 0.3) is 0 Å². The number of anilines is 1. The molecule has 3 rings (SSSR count). The van der Waals surface area contributed by atoms with E-state index in [4.69, 9.17) is 0 Å². The molecule has 1 amide bonds. The van der Waals surface area contributed by atoms with Crippen molar-refractivity contribution in [1.82, 2.24) is 9.62 Å². The largest absolute Gasteiger partial charge is 0.369 e. The second-order valence-corrected chi connectivity index (χ2v) is 9.76. The minimum absolute atomic E-state index is 0.0893. The molecule has 1 fully saturated rings. The minimum atomic E-state index is -3.40. The first kappa shape index (κ1) is 21.3. The molecule has 156 valence electrons. The molecule has 0 atom stereocenters. The molecule has 1 N–H and O–H groups in total. The first-order chi connectivity index (χ1) is 13.7. The van der Waals surface area contributed by atoms with Gasteiger partial charge in [0, 0.05) is 44.0 Å². The first-order valence-corrected chi connectivity index (χ1v) is 11.5. The average Bonchev–Trinajstić information content (AvgIpc) is 2.67. The van der Waals surface area contributed by atoms with Crippen molar-refractivity contribution in [2.45, 2.75) is 20.8 Å². The lowest BCUT2D eigenvalue weighted by molar-refractivity contribution is 0.0956. The summed E-state index contributed by atoms with van der Waals surface area (Å²) in [6.45, 7) is 8.27. The van der Waals surface area contributed by atoms with Gasteiger partial charge in [-0.2, -0.15) is 4.31 Å². The fourth-order valence-corrected chi connectivity index (χ4v) is 5.02. The minimum Gasteiger partial charge on any atom is -0.369 e. The van der Waals surface area contributed by atoms with Crippen LogP contribution in [0, 0.1) is 20.8 Å². The molecule has 1 heterocycles. The van der Waals surface area contributed by atoms with Gasteiger partial charge in [0.25, 0.3) is 5.91 Å². The van der Waals surface area contributed by atoms with Crippen molar-refractivity contribution in [2.75, 3.05) is 43.4 Å². The van der Waals surface area contributed by atoms with Crippen molar-refractivity contribution >= 4 is 21.6 Å². The molecule has 0 bridgehead atoms. The van der Waals surface area contributed by atoms with Crippen LogP contribution < -0.4 is 10.2 Å². The van der Waals surface area contributed by atoms with Crippen LogP contribution in [-0.4, -0.2) is 57.1 Å². The van der Waals surface area contributed by atoms with Crippen LogP contribution in [0.2, 0.25) is 0 Å². The molecule has 1 saturated heterocycles. The van der Waals surface area contributed by atoms with E-state index in [2.05, 4.69) is 35.3 Å². The maximum atomic E-state index is 12.7. The molecule has 0 radical (unpaired) electrons. The van der Waals surface area contributed by atoms with Gasteiger partial charge < -0.3 is 10.2 Å². The summed E-state index contributed by atoms with van der Waals surface area (Å²) < 4.78 is 26.9. The number of sulfonamides is 1. The van der Waals surface area contributed by atoms with Crippen LogP contribution >= 0.6 is 0 Å². The maximum Gasteiger partial charge on any atom is 0.251 e. The summed E-state index contributed by atoms with van der Waals surface area (Å²) in [7, 11) is -3.40. The van der Waals surface area contributed by atoms with E-state index in [-0.39, 0.29) is 18.2 Å². The normalized spacial score (nSPS) is 15.3. The van der Waals surface area contributed by atoms with Crippen LogP contribution in [0.1, 0.15) is 27.0 Å². The Bertz CT molecular complexity index is 960. The van der Waals surface area contributed by atoms with Crippen LogP contribution in [0.4, 0.5) is 5.69 Å². The summed E-state index contributed by atoms with van der Waals surface area (Å²) in [6, 6.07) is 13.9. The predicted molar refractivity (Wildman–Crippen MR) is 117 cm³/mol. The topological polar surface area (TPSA) is 69.7 Å². The SMILES string of the molecule is Cc1cc(C)cc(C(=O)NCCS(=O)(=O)N2CCN(c3cccc(C)c3)CC2)c1. The highest BCUT2D eigenvalue weighted by Gasteiger charge is 2.27. The Hall–Kier alpha value is -2.38. The number of piperazine rings is 1. The summed E-state index contributed by atoms with van der Waals surface area (Å²) >= 11 is 0. The van der Waals surface area contributed by atoms with E-state index in [1.165, 1.54) is 9.87 Å². The van der Waals surface area contributed by atoms with Gasteiger partial charge >= 0.3 is 0 Å². The zero-order chi connectivity index (χ0) is 21.0. The maximum absolute atomic E-state index is 12.7. The highest BCUT2D eigenvalue weighted by atomic mass is 32.2. The lowest BCUT2D eigenvalue weighted by atomic mass is 10.1. The van der Waals surface area contributed by atoms with Crippen molar-refractivity contribution in [3.63, 3.8) is 0 Å². The molecule has 2 aromatic carbocycles. The smallest absolute Gasteiger partial charge is 0.251 e. The number of carbonyl (C=O) groups excluding carboxylic acids is 1. The molecule has 0 unspecified atom stereocenters. The van der Waals surface area contributed by atoms with Crippen LogP contribution in [0.5, 0.6) is 0 Å². The summed E-state index contributed by atoms with van der Waals surface area (Å²) in [5, 5.41) is 2.73. The second-order valence-electron chi connectivity index (χ2n) is 7.67. The number of carbonyl (C=O) groups is 1. The van der Waals surface area contributed by atoms with E-state index >= 15 is 0 Å². The molecule has 1 aliphatic rings. The van der Waals surface area contributed by atoms with Gasteiger partial charge in [-0.05, 0) is 50.6 Å². The molecule has 6 nitrogen and oxygen atoms in total. The predicted octanol–water partition coefficient (Wildman–Crippen LogP) is 2.49. The van der Waals surface area contributed by atoms with Crippen molar-refractivity contribution < 1.29 is 13.2 Å². The van der Waals surface area contributed by atoms with E-state index in [1.54, 1.807) is 12.1 Å². The van der Waals surface area contributed by atoms with Crippen molar-refractivity contribution in [3.8, 4) is 0 Å². The van der Waals surface area contributed by atoms with Gasteiger partial charge in [-0.25, -0.2) is 8.42 Å². The number of nitrogens with one attached hydrogen (secondary N) is 1. The highest BCUT2D eigenvalue weighted by molar-refractivity contribution is 7.89. The monoisotopic (exact) mass is 415 g/mol. The molecule has 29 heavy (non-hydrogen) atoms. The number of hydrogen-bond donors (Lipinski definition) is 1. The third-order valence-corrected chi connectivity index (χ3v) is 7.00. The number of rotatable bonds is 6. The number of benzene rings is 2. The van der Waals surface area contributed by atoms with Crippen molar-refractivity contribution in [1.29, 1.82) is 0 Å². The molecular weight excluding hydrogens is 386 g/mol. The Morgan fingerprint density at radius 2 is 1.59 bits per heavy atom. The van der Waals surface area contributed by atoms with E-state index in [9.17, 15) is 13.2 Å². The van der Waals surface area contributed by atoms with Crippen molar-refractivity contribution in [2.24, 2.45) is 0 Å². The Morgan fingerprint density at radius 3 is 2.21 bits per heavy atom. The van der Waals surface area contributed by atoms with Gasteiger partial charge in [-0.3, -0.25) is 4.79 Å². The Balaban J connectivity index is 1.51. The van der Waals surface area contributed by atoms with Gasteiger partial charge in [0.1, 0.15) is 0 Å². The Labute approximate surface area is 173 Å². The lowest BCUT2D eigenvalue weighted by Gasteiger charge is -2.35. The highest BCUT2D eigenvalue weighted by Crippen LogP contribution is 2.19. The molecule has 7 heteroatoms. The average molecular weight is 416 g/mol. The van der Waals surface area contributed by atoms with Gasteiger partial charge in [0.15, 0.2) is 0 Å². The molecule has 0 aliphatic carbocycles. The summed E-state index contributed by atoms with van der Waals surface area (Å²) in [5.74, 6) is -0.329. The van der Waals surface area contributed by atoms with Crippen molar-refractivity contribution in [3.05, 3.63) is 64.7 Å². The van der Waals surface area contributed by atoms with E-state index in [1.807, 2.05) is 26.0 Å². The number of hydrogen-bond acceptors (Lipinski definition) is 4. The molecule has 0 aromatic heterocycles. The van der Waals surface area contributed by atoms with Gasteiger partial charge in [-0.1, -0.05) is 29.3 Å². The first-order valence-electron chi connectivity index (χ1n) is 9.90. The molecular formula is C22H29N3O3S. The zero-order valence-electron chi connectivity index (χ0n) is 17.3. The van der Waals surface area contributed by atoms with Gasteiger partial charge in [-0.15, -0.1) is 0 Å². The Kier molecular flexibility index (Phi) is 6.59. The molecule has 1 aliphatic heterocycles. The summed E-state index contributed by atoms with van der Waals surface area (Å²) in [4.78, 5) is 14.5. The standard InChI is InChI=1S/C22H29N3O3S/c1-17-5-4-6-21(16-17)24-8-10-25(11-9-24)29(27,28)12-7-23-22(26)20-14-18(2)13-19(3)15-20/h4-6,13-16H,7-12H2,1-3H3,(H,23,26).